The Hall–Kier alpha value is -3.33. The van der Waals surface area contributed by atoms with Crippen LogP contribution in [-0.4, -0.2) is 36.7 Å². The van der Waals surface area contributed by atoms with Crippen LogP contribution in [0.3, 0.4) is 0 Å². The van der Waals surface area contributed by atoms with E-state index >= 15 is 0 Å². The summed E-state index contributed by atoms with van der Waals surface area (Å²) in [5, 5.41) is 5.22. The molecular formula is C29H29N3O3S2. The number of amides is 1. The zero-order valence-corrected chi connectivity index (χ0v) is 22.4. The Kier molecular flexibility index (Phi) is 7.24. The van der Waals surface area contributed by atoms with Gasteiger partial charge in [0.1, 0.15) is 0 Å². The minimum atomic E-state index is -3.59. The molecule has 37 heavy (non-hydrogen) atoms. The molecule has 190 valence electrons. The molecule has 1 aliphatic rings. The monoisotopic (exact) mass is 531 g/mol. The largest absolute Gasteiger partial charge is 0.298 e. The lowest BCUT2D eigenvalue weighted by molar-refractivity contribution is 0.102. The maximum absolute atomic E-state index is 13.1. The van der Waals surface area contributed by atoms with Gasteiger partial charge in [0.05, 0.1) is 10.6 Å². The number of thiazole rings is 1. The maximum Gasteiger partial charge on any atom is 0.257 e. The number of anilines is 1. The molecule has 2 unspecified atom stereocenters. The van der Waals surface area contributed by atoms with Crippen molar-refractivity contribution in [2.45, 2.75) is 25.2 Å². The Balaban J connectivity index is 1.25. The lowest BCUT2D eigenvalue weighted by Gasteiger charge is -2.34. The molecule has 3 aromatic carbocycles. The molecule has 5 rings (SSSR count). The smallest absolute Gasteiger partial charge is 0.257 e. The maximum atomic E-state index is 13.1. The lowest BCUT2D eigenvalue weighted by Crippen LogP contribution is -2.42. The second-order valence-electron chi connectivity index (χ2n) is 9.73. The fraction of sp³-hybridized carbons (Fsp3) is 0.241. The normalized spacial score (nSPS) is 18.4. The summed E-state index contributed by atoms with van der Waals surface area (Å²) < 4.78 is 27.8. The number of rotatable bonds is 6. The summed E-state index contributed by atoms with van der Waals surface area (Å²) in [6, 6.07) is 24.4. The molecular weight excluding hydrogens is 502 g/mol. The first-order valence-corrected chi connectivity index (χ1v) is 14.6. The molecule has 0 aliphatic carbocycles. The third-order valence-corrected chi connectivity index (χ3v) is 9.21. The number of hydrogen-bond donors (Lipinski definition) is 1. The molecule has 1 fully saturated rings. The van der Waals surface area contributed by atoms with Crippen molar-refractivity contribution in [1.82, 2.24) is 9.29 Å². The zero-order chi connectivity index (χ0) is 26.0. The SMILES string of the molecule is CC1CC(C)CN(S(=O)(=O)c2ccc(C(=O)Nc3nc(-c4ccc(-c5ccccc5)cc4)cs3)cc2)C1. The van der Waals surface area contributed by atoms with E-state index in [0.29, 0.717) is 35.6 Å². The van der Waals surface area contributed by atoms with Crippen molar-refractivity contribution in [3.63, 3.8) is 0 Å². The number of hydrogen-bond acceptors (Lipinski definition) is 5. The number of nitrogens with one attached hydrogen (secondary N) is 1. The molecule has 0 bridgehead atoms. The van der Waals surface area contributed by atoms with E-state index in [0.717, 1.165) is 28.8 Å². The van der Waals surface area contributed by atoms with Gasteiger partial charge in [0.2, 0.25) is 10.0 Å². The van der Waals surface area contributed by atoms with Gasteiger partial charge in [-0.25, -0.2) is 13.4 Å². The molecule has 1 amide bonds. The van der Waals surface area contributed by atoms with Crippen LogP contribution < -0.4 is 5.32 Å². The fourth-order valence-electron chi connectivity index (χ4n) is 4.83. The van der Waals surface area contributed by atoms with Crippen LogP contribution in [0.1, 0.15) is 30.6 Å². The quantitative estimate of drug-likeness (QED) is 0.312. The highest BCUT2D eigenvalue weighted by molar-refractivity contribution is 7.89. The van der Waals surface area contributed by atoms with E-state index in [4.69, 9.17) is 0 Å². The molecule has 1 aliphatic heterocycles. The highest BCUT2D eigenvalue weighted by Crippen LogP contribution is 2.29. The number of carbonyl (C=O) groups excluding carboxylic acids is 1. The van der Waals surface area contributed by atoms with E-state index in [1.165, 1.54) is 23.5 Å². The molecule has 0 spiro atoms. The third-order valence-electron chi connectivity index (χ3n) is 6.60. The Morgan fingerprint density at radius 1 is 0.865 bits per heavy atom. The number of piperidine rings is 1. The first kappa shape index (κ1) is 25.3. The molecule has 0 saturated carbocycles. The van der Waals surface area contributed by atoms with Gasteiger partial charge in [-0.3, -0.25) is 10.1 Å². The van der Waals surface area contributed by atoms with Crippen LogP contribution in [-0.2, 0) is 10.0 Å². The van der Waals surface area contributed by atoms with E-state index in [1.807, 2.05) is 35.7 Å². The standard InChI is InChI=1S/C29H29N3O3S2/c1-20-16-21(2)18-32(17-20)37(34,35)26-14-12-25(13-15-26)28(33)31-29-30-27(19-36-29)24-10-8-23(9-11-24)22-6-4-3-5-7-22/h3-15,19-21H,16-18H2,1-2H3,(H,30,31,33). The Bertz CT molecular complexity index is 1470. The van der Waals surface area contributed by atoms with Gasteiger partial charge in [-0.15, -0.1) is 11.3 Å². The predicted octanol–water partition coefficient (Wildman–Crippen LogP) is 6.40. The average Bonchev–Trinajstić information content (AvgIpc) is 3.37. The minimum Gasteiger partial charge on any atom is -0.298 e. The molecule has 1 saturated heterocycles. The molecule has 0 radical (unpaired) electrons. The first-order valence-electron chi connectivity index (χ1n) is 12.3. The zero-order valence-electron chi connectivity index (χ0n) is 20.8. The van der Waals surface area contributed by atoms with Crippen LogP contribution >= 0.6 is 11.3 Å². The van der Waals surface area contributed by atoms with E-state index in [1.54, 1.807) is 16.4 Å². The number of benzene rings is 3. The van der Waals surface area contributed by atoms with Crippen LogP contribution in [0.4, 0.5) is 5.13 Å². The van der Waals surface area contributed by atoms with Gasteiger partial charge in [0.15, 0.2) is 5.13 Å². The van der Waals surface area contributed by atoms with Crippen molar-refractivity contribution < 1.29 is 13.2 Å². The predicted molar refractivity (Wildman–Crippen MR) is 149 cm³/mol. The summed E-state index contributed by atoms with van der Waals surface area (Å²) in [7, 11) is -3.59. The van der Waals surface area contributed by atoms with Crippen LogP contribution in [0, 0.1) is 11.8 Å². The second-order valence-corrected chi connectivity index (χ2v) is 12.5. The summed E-state index contributed by atoms with van der Waals surface area (Å²) in [6.45, 7) is 5.21. The van der Waals surface area contributed by atoms with Crippen LogP contribution in [0.2, 0.25) is 0 Å². The molecule has 6 nitrogen and oxygen atoms in total. The summed E-state index contributed by atoms with van der Waals surface area (Å²) in [5.74, 6) is 0.326. The number of sulfonamides is 1. The summed E-state index contributed by atoms with van der Waals surface area (Å²) >= 11 is 1.35. The molecule has 2 heterocycles. The second kappa shape index (κ2) is 10.6. The van der Waals surface area contributed by atoms with Crippen molar-refractivity contribution in [1.29, 1.82) is 0 Å². The average molecular weight is 532 g/mol. The molecule has 4 aromatic rings. The van der Waals surface area contributed by atoms with Gasteiger partial charge < -0.3 is 0 Å². The minimum absolute atomic E-state index is 0.209. The van der Waals surface area contributed by atoms with E-state index in [9.17, 15) is 13.2 Å². The van der Waals surface area contributed by atoms with Crippen molar-refractivity contribution in [2.24, 2.45) is 11.8 Å². The number of carbonyl (C=O) groups is 1. The van der Waals surface area contributed by atoms with Gasteiger partial charge in [-0.2, -0.15) is 4.31 Å². The first-order chi connectivity index (χ1) is 17.8. The Labute approximate surface area is 222 Å². The van der Waals surface area contributed by atoms with Gasteiger partial charge in [-0.1, -0.05) is 68.4 Å². The van der Waals surface area contributed by atoms with Crippen LogP contribution in [0.25, 0.3) is 22.4 Å². The van der Waals surface area contributed by atoms with Crippen molar-refractivity contribution in [3.8, 4) is 22.4 Å². The van der Waals surface area contributed by atoms with E-state index < -0.39 is 10.0 Å². The van der Waals surface area contributed by atoms with Crippen LogP contribution in [0.15, 0.2) is 89.1 Å². The molecule has 2 atom stereocenters. The summed E-state index contributed by atoms with van der Waals surface area (Å²) in [6.07, 6.45) is 1.03. The Morgan fingerprint density at radius 3 is 2.11 bits per heavy atom. The van der Waals surface area contributed by atoms with Crippen LogP contribution in [0.5, 0.6) is 0 Å². The van der Waals surface area contributed by atoms with Crippen molar-refractivity contribution in [2.75, 3.05) is 18.4 Å². The molecule has 1 aromatic heterocycles. The van der Waals surface area contributed by atoms with E-state index in [2.05, 4.69) is 48.4 Å². The van der Waals surface area contributed by atoms with Gasteiger partial charge in [0, 0.05) is 29.6 Å². The molecule has 8 heteroatoms. The van der Waals surface area contributed by atoms with Crippen molar-refractivity contribution in [3.05, 3.63) is 89.8 Å². The molecule has 1 N–H and O–H groups in total. The summed E-state index contributed by atoms with van der Waals surface area (Å²) in [5.41, 5.74) is 4.41. The van der Waals surface area contributed by atoms with Gasteiger partial charge in [-0.05, 0) is 53.6 Å². The number of aromatic nitrogens is 1. The number of nitrogens with zero attached hydrogens (tertiary/aromatic N) is 2. The third kappa shape index (κ3) is 5.66. The van der Waals surface area contributed by atoms with Crippen molar-refractivity contribution >= 4 is 32.4 Å². The summed E-state index contributed by atoms with van der Waals surface area (Å²) in [4.78, 5) is 17.6. The highest BCUT2D eigenvalue weighted by Gasteiger charge is 2.31. The lowest BCUT2D eigenvalue weighted by atomic mass is 9.94. The topological polar surface area (TPSA) is 79.4 Å². The Morgan fingerprint density at radius 2 is 1.46 bits per heavy atom. The van der Waals surface area contributed by atoms with E-state index in [-0.39, 0.29) is 10.8 Å². The fourth-order valence-corrected chi connectivity index (χ4v) is 7.22. The van der Waals surface area contributed by atoms with Gasteiger partial charge in [0.25, 0.3) is 5.91 Å². The highest BCUT2D eigenvalue weighted by atomic mass is 32.2. The van der Waals surface area contributed by atoms with Gasteiger partial charge >= 0.3 is 0 Å².